The highest BCUT2D eigenvalue weighted by Crippen LogP contribution is 2.39. The predicted molar refractivity (Wildman–Crippen MR) is 114 cm³/mol. The average Bonchev–Trinajstić information content (AvgIpc) is 2.78. The molecule has 3 aromatic rings. The summed E-state index contributed by atoms with van der Waals surface area (Å²) >= 11 is 0. The fourth-order valence-corrected chi connectivity index (χ4v) is 5.26. The zero-order chi connectivity index (χ0) is 23.8. The summed E-state index contributed by atoms with van der Waals surface area (Å²) in [6.07, 6.45) is -3.43. The van der Waals surface area contributed by atoms with E-state index in [1.54, 1.807) is 4.90 Å². The molecule has 176 valence electrons. The summed E-state index contributed by atoms with van der Waals surface area (Å²) in [5, 5.41) is 10.1. The molecule has 0 radical (unpaired) electrons. The number of methoxy groups -OCH3 is 1. The minimum atomic E-state index is -4.90. The van der Waals surface area contributed by atoms with E-state index in [2.05, 4.69) is 9.72 Å². The molecule has 1 aliphatic heterocycles. The van der Waals surface area contributed by atoms with Crippen molar-refractivity contribution in [3.8, 4) is 11.5 Å². The lowest BCUT2D eigenvalue weighted by molar-refractivity contribution is -0.274. The Morgan fingerprint density at radius 1 is 1.06 bits per heavy atom. The Labute approximate surface area is 188 Å². The smallest absolute Gasteiger partial charge is 0.497 e. The van der Waals surface area contributed by atoms with Gasteiger partial charge in [0.15, 0.2) is 0 Å². The molecule has 1 N–H and O–H groups in total. The largest absolute Gasteiger partial charge is 0.573 e. The van der Waals surface area contributed by atoms with Gasteiger partial charge in [-0.15, -0.1) is 13.2 Å². The van der Waals surface area contributed by atoms with Gasteiger partial charge in [0.2, 0.25) is 9.84 Å². The summed E-state index contributed by atoms with van der Waals surface area (Å²) in [5.41, 5.74) is 0.551. The van der Waals surface area contributed by atoms with Crippen LogP contribution in [0.3, 0.4) is 0 Å². The Kier molecular flexibility index (Phi) is 6.10. The minimum absolute atomic E-state index is 0.00885. The van der Waals surface area contributed by atoms with Gasteiger partial charge in [0, 0.05) is 24.7 Å². The van der Waals surface area contributed by atoms with Gasteiger partial charge in [-0.05, 0) is 55.3 Å². The molecular weight excluding hydrogens is 461 g/mol. The summed E-state index contributed by atoms with van der Waals surface area (Å²) in [6.45, 7) is 0.658. The highest BCUT2D eigenvalue weighted by molar-refractivity contribution is 7.91. The number of anilines is 1. The first kappa shape index (κ1) is 23.1. The number of fused-ring (bicyclic) bond motifs is 1. The lowest BCUT2D eigenvalue weighted by atomic mass is 10.1. The Hall–Kier alpha value is -3.05. The number of nitrogens with zero attached hydrogens (tertiary/aromatic N) is 2. The van der Waals surface area contributed by atoms with E-state index in [0.717, 1.165) is 12.1 Å². The van der Waals surface area contributed by atoms with Gasteiger partial charge in [-0.25, -0.2) is 8.42 Å². The van der Waals surface area contributed by atoms with Crippen LogP contribution in [0.15, 0.2) is 58.5 Å². The molecule has 11 heteroatoms. The van der Waals surface area contributed by atoms with Gasteiger partial charge >= 0.3 is 6.36 Å². The fraction of sp³-hybridized carbons (Fsp3) is 0.318. The van der Waals surface area contributed by atoms with Crippen LogP contribution in [0.25, 0.3) is 10.9 Å². The van der Waals surface area contributed by atoms with Crippen LogP contribution in [-0.2, 0) is 9.84 Å². The maximum atomic E-state index is 13.6. The topological polar surface area (TPSA) is 89.0 Å². The number of hydrogen-bond donors (Lipinski definition) is 1. The molecule has 4 rings (SSSR count). The van der Waals surface area contributed by atoms with Gasteiger partial charge < -0.3 is 19.5 Å². The van der Waals surface area contributed by atoms with E-state index in [4.69, 9.17) is 4.74 Å². The quantitative estimate of drug-likeness (QED) is 0.589. The normalized spacial score (nSPS) is 15.6. The van der Waals surface area contributed by atoms with Crippen LogP contribution in [0, 0.1) is 0 Å². The van der Waals surface area contributed by atoms with Gasteiger partial charge in [0.1, 0.15) is 16.4 Å². The second-order valence-corrected chi connectivity index (χ2v) is 9.51. The van der Waals surface area contributed by atoms with Crippen molar-refractivity contribution < 1.29 is 36.2 Å². The van der Waals surface area contributed by atoms with E-state index in [1.807, 2.05) is 0 Å². The Balaban J connectivity index is 1.91. The molecule has 0 bridgehead atoms. The van der Waals surface area contributed by atoms with Crippen molar-refractivity contribution in [1.29, 1.82) is 0 Å². The highest BCUT2D eigenvalue weighted by atomic mass is 32.2. The van der Waals surface area contributed by atoms with Crippen LogP contribution in [0.1, 0.15) is 12.8 Å². The summed E-state index contributed by atoms with van der Waals surface area (Å²) in [5.74, 6) is -0.00106. The Morgan fingerprint density at radius 3 is 2.30 bits per heavy atom. The summed E-state index contributed by atoms with van der Waals surface area (Å²) < 4.78 is 74.7. The lowest BCUT2D eigenvalue weighted by Gasteiger charge is -2.33. The van der Waals surface area contributed by atoms with Gasteiger partial charge in [0.25, 0.3) is 0 Å². The third-order valence-electron chi connectivity index (χ3n) is 5.45. The maximum absolute atomic E-state index is 13.6. The van der Waals surface area contributed by atoms with E-state index < -0.39 is 28.1 Å². The van der Waals surface area contributed by atoms with Gasteiger partial charge in [0.05, 0.1) is 29.3 Å². The molecule has 1 aliphatic rings. The van der Waals surface area contributed by atoms with Gasteiger partial charge in [-0.1, -0.05) is 0 Å². The number of rotatable bonds is 5. The monoisotopic (exact) mass is 482 g/mol. The number of aliphatic hydroxyl groups excluding tert-OH is 1. The van der Waals surface area contributed by atoms with Crippen LogP contribution in [-0.4, -0.2) is 51.2 Å². The summed E-state index contributed by atoms with van der Waals surface area (Å²) in [7, 11) is -2.62. The minimum Gasteiger partial charge on any atom is -0.497 e. The first-order chi connectivity index (χ1) is 15.6. The number of aliphatic hydroxyl groups is 1. The van der Waals surface area contributed by atoms with Crippen molar-refractivity contribution in [2.75, 3.05) is 25.1 Å². The van der Waals surface area contributed by atoms with Crippen molar-refractivity contribution in [2.45, 2.75) is 35.1 Å². The van der Waals surface area contributed by atoms with E-state index >= 15 is 0 Å². The number of sulfone groups is 1. The highest BCUT2D eigenvalue weighted by Gasteiger charge is 2.32. The van der Waals surface area contributed by atoms with E-state index in [9.17, 15) is 26.7 Å². The maximum Gasteiger partial charge on any atom is 0.573 e. The van der Waals surface area contributed by atoms with Crippen LogP contribution in [0.4, 0.5) is 18.9 Å². The molecule has 0 saturated carbocycles. The van der Waals surface area contributed by atoms with Crippen LogP contribution in [0.5, 0.6) is 11.5 Å². The number of aromatic nitrogens is 1. The molecule has 2 heterocycles. The molecule has 0 amide bonds. The van der Waals surface area contributed by atoms with Crippen molar-refractivity contribution >= 4 is 26.4 Å². The predicted octanol–water partition coefficient (Wildman–Crippen LogP) is 3.94. The number of ether oxygens (including phenoxy) is 2. The van der Waals surface area contributed by atoms with Crippen LogP contribution in [0.2, 0.25) is 0 Å². The molecule has 1 saturated heterocycles. The number of piperidine rings is 1. The third-order valence-corrected chi connectivity index (χ3v) is 7.22. The molecule has 0 spiro atoms. The van der Waals surface area contributed by atoms with Crippen molar-refractivity contribution in [3.63, 3.8) is 0 Å². The molecule has 0 atom stereocenters. The third kappa shape index (κ3) is 4.83. The molecule has 1 fully saturated rings. The zero-order valence-electron chi connectivity index (χ0n) is 17.5. The number of alkyl halides is 3. The molecule has 33 heavy (non-hydrogen) atoms. The standard InChI is InChI=1S/C22H21F3N2O5S/c1-31-15-2-5-17(6-3-15)33(29,30)20-13-26-19-7-4-16(32-22(23,24)25)12-18(19)21(20)27-10-8-14(28)9-11-27/h2-7,12-14,28H,8-11H2,1H3. The zero-order valence-corrected chi connectivity index (χ0v) is 18.4. The number of pyridine rings is 1. The summed E-state index contributed by atoms with van der Waals surface area (Å²) in [6, 6.07) is 9.42. The second-order valence-electron chi connectivity index (χ2n) is 7.60. The van der Waals surface area contributed by atoms with Crippen LogP contribution < -0.4 is 14.4 Å². The van der Waals surface area contributed by atoms with Gasteiger partial charge in [-0.3, -0.25) is 4.98 Å². The van der Waals surface area contributed by atoms with E-state index in [1.165, 1.54) is 43.6 Å². The number of hydrogen-bond acceptors (Lipinski definition) is 7. The van der Waals surface area contributed by atoms with Crippen LogP contribution >= 0.6 is 0 Å². The SMILES string of the molecule is COc1ccc(S(=O)(=O)c2cnc3ccc(OC(F)(F)F)cc3c2N2CCC(O)CC2)cc1. The van der Waals surface area contributed by atoms with Gasteiger partial charge in [-0.2, -0.15) is 0 Å². The second kappa shape index (κ2) is 8.71. The van der Waals surface area contributed by atoms with E-state index in [0.29, 0.717) is 37.2 Å². The number of halogens is 3. The average molecular weight is 482 g/mol. The van der Waals surface area contributed by atoms with Crippen molar-refractivity contribution in [1.82, 2.24) is 4.98 Å². The molecular formula is C22H21F3N2O5S. The van der Waals surface area contributed by atoms with Crippen molar-refractivity contribution in [3.05, 3.63) is 48.7 Å². The molecule has 7 nitrogen and oxygen atoms in total. The van der Waals surface area contributed by atoms with Crippen molar-refractivity contribution in [2.24, 2.45) is 0 Å². The first-order valence-electron chi connectivity index (χ1n) is 10.1. The summed E-state index contributed by atoms with van der Waals surface area (Å²) in [4.78, 5) is 5.81. The molecule has 1 aromatic heterocycles. The Morgan fingerprint density at radius 2 is 1.70 bits per heavy atom. The van der Waals surface area contributed by atoms with E-state index in [-0.39, 0.29) is 20.9 Å². The fourth-order valence-electron chi connectivity index (χ4n) is 3.83. The molecule has 0 aliphatic carbocycles. The first-order valence-corrected chi connectivity index (χ1v) is 11.6. The Bertz CT molecular complexity index is 1260. The molecule has 0 unspecified atom stereocenters. The molecule has 2 aromatic carbocycles. The number of benzene rings is 2. The lowest BCUT2D eigenvalue weighted by Crippen LogP contribution is -2.36.